The number of carbonyl (C=O) groups excluding carboxylic acids is 2. The van der Waals surface area contributed by atoms with Crippen molar-refractivity contribution in [2.75, 3.05) is 38.3 Å². The maximum atomic E-state index is 13.6. The zero-order valence-corrected chi connectivity index (χ0v) is 20.0. The third-order valence-corrected chi connectivity index (χ3v) is 7.89. The van der Waals surface area contributed by atoms with E-state index in [1.807, 2.05) is 6.92 Å². The first-order chi connectivity index (χ1) is 16.3. The molecule has 2 atom stereocenters. The van der Waals surface area contributed by atoms with Gasteiger partial charge in [0.05, 0.1) is 36.8 Å². The van der Waals surface area contributed by atoms with E-state index in [2.05, 4.69) is 0 Å². The van der Waals surface area contributed by atoms with Gasteiger partial charge in [0.25, 0.3) is 0 Å². The third kappa shape index (κ3) is 4.74. The quantitative estimate of drug-likeness (QED) is 0.576. The highest BCUT2D eigenvalue weighted by atomic mass is 32.2. The molecule has 0 aliphatic carbocycles. The van der Waals surface area contributed by atoms with E-state index in [4.69, 9.17) is 14.2 Å². The summed E-state index contributed by atoms with van der Waals surface area (Å²) in [4.78, 5) is 27.4. The van der Waals surface area contributed by atoms with E-state index in [1.54, 1.807) is 36.4 Å². The minimum atomic E-state index is -3.77. The minimum Gasteiger partial charge on any atom is -0.494 e. The number of methoxy groups -OCH3 is 1. The zero-order valence-electron chi connectivity index (χ0n) is 19.2. The highest BCUT2D eigenvalue weighted by Gasteiger charge is 2.40. The molecule has 0 N–H and O–H groups in total. The average Bonchev–Trinajstić information content (AvgIpc) is 2.87. The van der Waals surface area contributed by atoms with Crippen LogP contribution in [-0.2, 0) is 24.3 Å². The van der Waals surface area contributed by atoms with E-state index in [9.17, 15) is 18.0 Å². The standard InChI is InChI=1S/C24H28N2O7S/c1-3-32-18-10-12-19(13-11-18)34(29,30)25-14-6-7-17(15-25)23(27)26-16-22(24(28)31-2)33-21-9-5-4-8-20(21)26/h4-5,8-13,17,22H,3,6-7,14-16H2,1-2H3/t17-,22-/m1/s1. The average molecular weight is 489 g/mol. The lowest BCUT2D eigenvalue weighted by atomic mass is 9.97. The molecule has 0 unspecified atom stereocenters. The van der Waals surface area contributed by atoms with Gasteiger partial charge < -0.3 is 19.1 Å². The molecule has 2 aliphatic rings. The molecular weight excluding hydrogens is 460 g/mol. The third-order valence-electron chi connectivity index (χ3n) is 6.01. The molecule has 0 saturated carbocycles. The van der Waals surface area contributed by atoms with Crippen LogP contribution < -0.4 is 14.4 Å². The summed E-state index contributed by atoms with van der Waals surface area (Å²) >= 11 is 0. The first kappa shape index (κ1) is 24.0. The number of hydrogen-bond donors (Lipinski definition) is 0. The fourth-order valence-electron chi connectivity index (χ4n) is 4.30. The van der Waals surface area contributed by atoms with E-state index < -0.39 is 28.0 Å². The topological polar surface area (TPSA) is 102 Å². The molecule has 182 valence electrons. The van der Waals surface area contributed by atoms with Gasteiger partial charge in [-0.15, -0.1) is 0 Å². The summed E-state index contributed by atoms with van der Waals surface area (Å²) in [7, 11) is -2.50. The van der Waals surface area contributed by atoms with Crippen molar-refractivity contribution >= 4 is 27.6 Å². The van der Waals surface area contributed by atoms with Crippen LogP contribution in [0.4, 0.5) is 5.69 Å². The van der Waals surface area contributed by atoms with Crippen molar-refractivity contribution in [3.63, 3.8) is 0 Å². The molecule has 2 aromatic rings. The molecule has 2 aromatic carbocycles. The molecule has 10 heteroatoms. The maximum absolute atomic E-state index is 13.6. The predicted molar refractivity (Wildman–Crippen MR) is 124 cm³/mol. The summed E-state index contributed by atoms with van der Waals surface area (Å²) in [5.41, 5.74) is 0.555. The van der Waals surface area contributed by atoms with Crippen molar-refractivity contribution in [1.82, 2.24) is 4.31 Å². The first-order valence-corrected chi connectivity index (χ1v) is 12.7. The molecule has 0 aromatic heterocycles. The second-order valence-corrected chi connectivity index (χ2v) is 10.1. The van der Waals surface area contributed by atoms with Crippen molar-refractivity contribution in [1.29, 1.82) is 0 Å². The van der Waals surface area contributed by atoms with Crippen LogP contribution in [0.5, 0.6) is 11.5 Å². The largest absolute Gasteiger partial charge is 0.494 e. The lowest BCUT2D eigenvalue weighted by Crippen LogP contribution is -2.52. The van der Waals surface area contributed by atoms with Gasteiger partial charge in [0, 0.05) is 13.1 Å². The SMILES string of the molecule is CCOc1ccc(S(=O)(=O)N2CCC[C@@H](C(=O)N3C[C@H](C(=O)OC)Oc4ccccc43)C2)cc1. The fraction of sp³-hybridized carbons (Fsp3) is 0.417. The van der Waals surface area contributed by atoms with Gasteiger partial charge in [-0.05, 0) is 56.2 Å². The summed E-state index contributed by atoms with van der Waals surface area (Å²) in [5, 5.41) is 0. The molecule has 2 heterocycles. The Kier molecular flexibility index (Phi) is 7.08. The number of hydrogen-bond acceptors (Lipinski definition) is 7. The van der Waals surface area contributed by atoms with Crippen LogP contribution in [0.3, 0.4) is 0 Å². The Morgan fingerprint density at radius 2 is 1.82 bits per heavy atom. The van der Waals surface area contributed by atoms with Gasteiger partial charge >= 0.3 is 5.97 Å². The van der Waals surface area contributed by atoms with E-state index in [0.29, 0.717) is 43.2 Å². The number of nitrogens with zero attached hydrogens (tertiary/aromatic N) is 2. The number of sulfonamides is 1. The second-order valence-electron chi connectivity index (χ2n) is 8.15. The van der Waals surface area contributed by atoms with Gasteiger partial charge in [-0.25, -0.2) is 13.2 Å². The number of esters is 1. The van der Waals surface area contributed by atoms with Crippen LogP contribution in [0.2, 0.25) is 0 Å². The number of benzene rings is 2. The normalized spacial score (nSPS) is 20.7. The van der Waals surface area contributed by atoms with Crippen LogP contribution in [-0.4, -0.2) is 64.1 Å². The second kappa shape index (κ2) is 10.0. The number of fused-ring (bicyclic) bond motifs is 1. The van der Waals surface area contributed by atoms with Crippen molar-refractivity contribution in [2.24, 2.45) is 5.92 Å². The van der Waals surface area contributed by atoms with Crippen molar-refractivity contribution in [2.45, 2.75) is 30.8 Å². The summed E-state index contributed by atoms with van der Waals surface area (Å²) in [6.07, 6.45) is 0.159. The lowest BCUT2D eigenvalue weighted by Gasteiger charge is -2.38. The van der Waals surface area contributed by atoms with Crippen LogP contribution in [0.25, 0.3) is 0 Å². The maximum Gasteiger partial charge on any atom is 0.348 e. The molecule has 1 saturated heterocycles. The number of amides is 1. The Labute approximate surface area is 199 Å². The van der Waals surface area contributed by atoms with Gasteiger partial charge in [-0.3, -0.25) is 4.79 Å². The monoisotopic (exact) mass is 488 g/mol. The van der Waals surface area contributed by atoms with Gasteiger partial charge in [-0.1, -0.05) is 12.1 Å². The molecule has 1 amide bonds. The first-order valence-electron chi connectivity index (χ1n) is 11.2. The molecule has 34 heavy (non-hydrogen) atoms. The minimum absolute atomic E-state index is 0.00462. The summed E-state index contributed by atoms with van der Waals surface area (Å²) in [6, 6.07) is 13.3. The highest BCUT2D eigenvalue weighted by molar-refractivity contribution is 7.89. The molecule has 0 radical (unpaired) electrons. The molecule has 4 rings (SSSR count). The van der Waals surface area contributed by atoms with E-state index in [-0.39, 0.29) is 23.9 Å². The van der Waals surface area contributed by atoms with E-state index in [1.165, 1.54) is 28.4 Å². The van der Waals surface area contributed by atoms with Crippen molar-refractivity contribution in [3.8, 4) is 11.5 Å². The zero-order chi connectivity index (χ0) is 24.3. The molecule has 2 aliphatic heterocycles. The van der Waals surface area contributed by atoms with E-state index >= 15 is 0 Å². The molecular formula is C24H28N2O7S. The fourth-order valence-corrected chi connectivity index (χ4v) is 5.83. The Balaban J connectivity index is 1.54. The molecule has 0 spiro atoms. The smallest absolute Gasteiger partial charge is 0.348 e. The lowest BCUT2D eigenvalue weighted by molar-refractivity contribution is -0.148. The van der Waals surface area contributed by atoms with Gasteiger partial charge in [-0.2, -0.15) is 4.31 Å². The molecule has 9 nitrogen and oxygen atoms in total. The number of rotatable bonds is 6. The number of para-hydroxylation sites is 2. The van der Waals surface area contributed by atoms with Crippen molar-refractivity contribution in [3.05, 3.63) is 48.5 Å². The van der Waals surface area contributed by atoms with Crippen LogP contribution in [0, 0.1) is 5.92 Å². The number of carbonyl (C=O) groups is 2. The Morgan fingerprint density at radius 3 is 2.53 bits per heavy atom. The van der Waals surface area contributed by atoms with Crippen LogP contribution in [0.1, 0.15) is 19.8 Å². The van der Waals surface area contributed by atoms with Gasteiger partial charge in [0.1, 0.15) is 11.5 Å². The Bertz CT molecular complexity index is 1150. The van der Waals surface area contributed by atoms with Gasteiger partial charge in [0.15, 0.2) is 0 Å². The van der Waals surface area contributed by atoms with Crippen LogP contribution in [0.15, 0.2) is 53.4 Å². The summed E-state index contributed by atoms with van der Waals surface area (Å²) in [5.74, 6) is -0.353. The van der Waals surface area contributed by atoms with Crippen molar-refractivity contribution < 1.29 is 32.2 Å². The molecule has 1 fully saturated rings. The van der Waals surface area contributed by atoms with Crippen LogP contribution >= 0.6 is 0 Å². The highest BCUT2D eigenvalue weighted by Crippen LogP contribution is 2.36. The number of piperidine rings is 1. The summed E-state index contributed by atoms with van der Waals surface area (Å²) < 4.78 is 43.8. The number of anilines is 1. The Morgan fingerprint density at radius 1 is 1.09 bits per heavy atom. The van der Waals surface area contributed by atoms with E-state index in [0.717, 1.165) is 0 Å². The number of ether oxygens (including phenoxy) is 3. The summed E-state index contributed by atoms with van der Waals surface area (Å²) in [6.45, 7) is 2.75. The van der Waals surface area contributed by atoms with Gasteiger partial charge in [0.2, 0.25) is 22.0 Å². The predicted octanol–water partition coefficient (Wildman–Crippen LogP) is 2.45. The molecule has 0 bridgehead atoms. The Hall–Kier alpha value is -3.11.